The second-order valence-corrected chi connectivity index (χ2v) is 5.47. The van der Waals surface area contributed by atoms with Crippen molar-refractivity contribution in [3.05, 3.63) is 40.6 Å². The Bertz CT molecular complexity index is 835. The maximum absolute atomic E-state index is 11.0. The fourth-order valence-corrected chi connectivity index (χ4v) is 2.94. The van der Waals surface area contributed by atoms with Crippen LogP contribution in [0, 0.1) is 10.1 Å². The lowest BCUT2D eigenvalue weighted by Crippen LogP contribution is -2.34. The first-order valence-corrected chi connectivity index (χ1v) is 7.32. The third kappa shape index (κ3) is 2.37. The minimum Gasteiger partial charge on any atom is -0.358 e. The first-order valence-electron chi connectivity index (χ1n) is 7.32. The minimum absolute atomic E-state index is 0.126. The zero-order chi connectivity index (χ0) is 15.8. The molecule has 118 valence electrons. The Morgan fingerprint density at radius 1 is 1.26 bits per heavy atom. The summed E-state index contributed by atoms with van der Waals surface area (Å²) in [5.74, 6) is 1.87. The molecule has 1 saturated heterocycles. The van der Waals surface area contributed by atoms with Crippen molar-refractivity contribution in [3.63, 3.8) is 0 Å². The van der Waals surface area contributed by atoms with Gasteiger partial charge in [-0.3, -0.25) is 5.10 Å². The Morgan fingerprint density at radius 2 is 2.09 bits per heavy atom. The van der Waals surface area contributed by atoms with Crippen molar-refractivity contribution in [1.29, 1.82) is 0 Å². The summed E-state index contributed by atoms with van der Waals surface area (Å²) in [6.07, 6.45) is 4.61. The average molecular weight is 314 g/mol. The van der Waals surface area contributed by atoms with E-state index in [0.717, 1.165) is 37.6 Å². The molecule has 3 aromatic heterocycles. The molecule has 0 atom stereocenters. The standard InChI is InChI=1S/C13H14N8O2/c22-21(23)12-7-14-10-1-2-11(18-20(10)12)19-5-3-9(4-6-19)13-15-8-16-17-13/h1-2,7-9H,3-6H2,(H,15,16,17). The lowest BCUT2D eigenvalue weighted by Gasteiger charge is -2.31. The number of nitro groups is 1. The fraction of sp³-hybridized carbons (Fsp3) is 0.385. The van der Waals surface area contributed by atoms with Crippen molar-refractivity contribution in [2.75, 3.05) is 18.0 Å². The predicted molar refractivity (Wildman–Crippen MR) is 80.2 cm³/mol. The number of nitrogens with one attached hydrogen (secondary N) is 1. The van der Waals surface area contributed by atoms with Gasteiger partial charge in [0.05, 0.1) is 0 Å². The van der Waals surface area contributed by atoms with Gasteiger partial charge in [0.2, 0.25) is 5.65 Å². The lowest BCUT2D eigenvalue weighted by molar-refractivity contribution is -0.391. The molecule has 10 nitrogen and oxygen atoms in total. The number of aromatic nitrogens is 6. The van der Waals surface area contributed by atoms with Crippen molar-refractivity contribution in [3.8, 4) is 0 Å². The highest BCUT2D eigenvalue weighted by Crippen LogP contribution is 2.27. The van der Waals surface area contributed by atoms with Gasteiger partial charge in [-0.1, -0.05) is 9.61 Å². The van der Waals surface area contributed by atoms with Crippen LogP contribution in [0.15, 0.2) is 24.7 Å². The average Bonchev–Trinajstić information content (AvgIpc) is 3.24. The number of H-pyrrole nitrogens is 1. The second kappa shape index (κ2) is 5.30. The normalized spacial score (nSPS) is 16.1. The number of nitrogens with zero attached hydrogens (tertiary/aromatic N) is 7. The molecule has 0 bridgehead atoms. The van der Waals surface area contributed by atoms with Crippen molar-refractivity contribution in [2.24, 2.45) is 0 Å². The molecule has 4 heterocycles. The molecule has 1 fully saturated rings. The third-order valence-corrected chi connectivity index (χ3v) is 4.16. The fourth-order valence-electron chi connectivity index (χ4n) is 2.94. The summed E-state index contributed by atoms with van der Waals surface area (Å²) in [7, 11) is 0. The molecular formula is C13H14N8O2. The van der Waals surface area contributed by atoms with E-state index in [1.165, 1.54) is 17.0 Å². The molecule has 0 aliphatic carbocycles. The summed E-state index contributed by atoms with van der Waals surface area (Å²) in [4.78, 5) is 20.9. The Balaban J connectivity index is 1.56. The summed E-state index contributed by atoms with van der Waals surface area (Å²) in [6, 6.07) is 3.60. The molecule has 1 N–H and O–H groups in total. The molecule has 0 spiro atoms. The van der Waals surface area contributed by atoms with Gasteiger partial charge in [-0.05, 0) is 23.8 Å². The lowest BCUT2D eigenvalue weighted by atomic mass is 9.96. The molecule has 1 aliphatic heterocycles. The van der Waals surface area contributed by atoms with Crippen LogP contribution in [-0.2, 0) is 0 Å². The van der Waals surface area contributed by atoms with Crippen LogP contribution in [0.4, 0.5) is 11.6 Å². The molecule has 4 rings (SSSR count). The molecule has 0 aromatic carbocycles. The zero-order valence-corrected chi connectivity index (χ0v) is 12.2. The highest BCUT2D eigenvalue weighted by atomic mass is 16.6. The Morgan fingerprint density at radius 3 is 2.78 bits per heavy atom. The van der Waals surface area contributed by atoms with Gasteiger partial charge in [-0.15, -0.1) is 0 Å². The molecule has 3 aromatic rings. The van der Waals surface area contributed by atoms with E-state index in [4.69, 9.17) is 0 Å². The van der Waals surface area contributed by atoms with Crippen molar-refractivity contribution in [1.82, 2.24) is 29.8 Å². The SMILES string of the molecule is O=[N+]([O-])c1cnc2ccc(N3CCC(c4ncn[nH]4)CC3)nn12. The first-order chi connectivity index (χ1) is 11.2. The van der Waals surface area contributed by atoms with Crippen molar-refractivity contribution < 1.29 is 4.92 Å². The van der Waals surface area contributed by atoms with Gasteiger partial charge in [-0.25, -0.2) is 9.97 Å². The number of imidazole rings is 1. The highest BCUT2D eigenvalue weighted by molar-refractivity contribution is 5.49. The number of anilines is 1. The highest BCUT2D eigenvalue weighted by Gasteiger charge is 2.25. The Hall–Kier alpha value is -3.04. The Kier molecular flexibility index (Phi) is 3.14. The van der Waals surface area contributed by atoms with Gasteiger partial charge in [0.15, 0.2) is 5.82 Å². The molecular weight excluding hydrogens is 300 g/mol. The first kappa shape index (κ1) is 13.6. The van der Waals surface area contributed by atoms with Gasteiger partial charge in [0.25, 0.3) is 0 Å². The maximum atomic E-state index is 11.0. The molecule has 0 unspecified atom stereocenters. The number of hydrogen-bond donors (Lipinski definition) is 1. The second-order valence-electron chi connectivity index (χ2n) is 5.47. The van der Waals surface area contributed by atoms with E-state index in [1.807, 2.05) is 6.07 Å². The minimum atomic E-state index is -0.479. The smallest absolute Gasteiger partial charge is 0.358 e. The summed E-state index contributed by atoms with van der Waals surface area (Å²) in [5, 5.41) is 22.2. The van der Waals surface area contributed by atoms with Crippen LogP contribution < -0.4 is 4.90 Å². The van der Waals surface area contributed by atoms with Gasteiger partial charge in [0, 0.05) is 25.1 Å². The van der Waals surface area contributed by atoms with E-state index in [0.29, 0.717) is 11.6 Å². The van der Waals surface area contributed by atoms with Gasteiger partial charge in [0.1, 0.15) is 18.3 Å². The van der Waals surface area contributed by atoms with Crippen LogP contribution in [0.2, 0.25) is 0 Å². The maximum Gasteiger partial charge on any atom is 0.368 e. The molecule has 10 heteroatoms. The number of aromatic amines is 1. The molecule has 1 aliphatic rings. The molecule has 0 amide bonds. The number of rotatable bonds is 3. The van der Waals surface area contributed by atoms with Crippen LogP contribution in [0.1, 0.15) is 24.6 Å². The zero-order valence-electron chi connectivity index (χ0n) is 12.2. The molecule has 0 saturated carbocycles. The summed E-state index contributed by atoms with van der Waals surface area (Å²) >= 11 is 0. The van der Waals surface area contributed by atoms with Crippen LogP contribution >= 0.6 is 0 Å². The van der Waals surface area contributed by atoms with Crippen LogP contribution in [0.25, 0.3) is 5.65 Å². The largest absolute Gasteiger partial charge is 0.368 e. The van der Waals surface area contributed by atoms with Crippen LogP contribution in [0.5, 0.6) is 0 Å². The Labute approximate surface area is 130 Å². The topological polar surface area (TPSA) is 118 Å². The van der Waals surface area contributed by atoms with Gasteiger partial charge >= 0.3 is 5.82 Å². The summed E-state index contributed by atoms with van der Waals surface area (Å²) in [6.45, 7) is 1.62. The van der Waals surface area contributed by atoms with Crippen LogP contribution in [0.3, 0.4) is 0 Å². The quantitative estimate of drug-likeness (QED) is 0.568. The third-order valence-electron chi connectivity index (χ3n) is 4.16. The number of fused-ring (bicyclic) bond motifs is 1. The van der Waals surface area contributed by atoms with Gasteiger partial charge in [-0.2, -0.15) is 5.10 Å². The van der Waals surface area contributed by atoms with Crippen molar-refractivity contribution in [2.45, 2.75) is 18.8 Å². The summed E-state index contributed by atoms with van der Waals surface area (Å²) in [5.41, 5.74) is 0.469. The number of piperidine rings is 1. The van der Waals surface area contributed by atoms with E-state index in [1.54, 1.807) is 6.07 Å². The van der Waals surface area contributed by atoms with E-state index < -0.39 is 4.92 Å². The van der Waals surface area contributed by atoms with E-state index in [2.05, 4.69) is 30.2 Å². The molecule has 23 heavy (non-hydrogen) atoms. The predicted octanol–water partition coefficient (Wildman–Crippen LogP) is 1.14. The van der Waals surface area contributed by atoms with Gasteiger partial charge < -0.3 is 15.0 Å². The van der Waals surface area contributed by atoms with E-state index in [-0.39, 0.29) is 5.82 Å². The van der Waals surface area contributed by atoms with E-state index in [9.17, 15) is 10.1 Å². The summed E-state index contributed by atoms with van der Waals surface area (Å²) < 4.78 is 1.28. The van der Waals surface area contributed by atoms with E-state index >= 15 is 0 Å². The van der Waals surface area contributed by atoms with Crippen molar-refractivity contribution >= 4 is 17.3 Å². The molecule has 0 radical (unpaired) electrons. The monoisotopic (exact) mass is 314 g/mol. The van der Waals surface area contributed by atoms with Crippen LogP contribution in [-0.4, -0.2) is 47.8 Å². The number of hydrogen-bond acceptors (Lipinski definition) is 7.